The van der Waals surface area contributed by atoms with Gasteiger partial charge in [-0.3, -0.25) is 4.79 Å². The molecular weight excluding hydrogens is 522 g/mol. The first-order valence-electron chi connectivity index (χ1n) is 10.2. The van der Waals surface area contributed by atoms with Crippen molar-refractivity contribution in [2.75, 3.05) is 20.8 Å². The number of benzene rings is 3. The Morgan fingerprint density at radius 3 is 2.38 bits per heavy atom. The summed E-state index contributed by atoms with van der Waals surface area (Å²) in [4.78, 5) is 12.7. The van der Waals surface area contributed by atoms with Crippen LogP contribution < -0.4 is 14.9 Å². The number of ether oxygens (including phenoxy) is 2. The lowest BCUT2D eigenvalue weighted by atomic mass is 10.2. The highest BCUT2D eigenvalue weighted by Gasteiger charge is 2.27. The van der Waals surface area contributed by atoms with E-state index in [1.165, 1.54) is 25.5 Å². The second-order valence-electron chi connectivity index (χ2n) is 7.11. The first-order chi connectivity index (χ1) is 16.3. The van der Waals surface area contributed by atoms with Gasteiger partial charge in [-0.05, 0) is 42.0 Å². The van der Waals surface area contributed by atoms with Crippen molar-refractivity contribution in [2.45, 2.75) is 11.4 Å². The van der Waals surface area contributed by atoms with Gasteiger partial charge in [0.25, 0.3) is 5.91 Å². The van der Waals surface area contributed by atoms with Gasteiger partial charge in [-0.2, -0.15) is 9.41 Å². The molecule has 1 N–H and O–H groups in total. The van der Waals surface area contributed by atoms with Crippen LogP contribution in [0.25, 0.3) is 0 Å². The fourth-order valence-electron chi connectivity index (χ4n) is 3.06. The van der Waals surface area contributed by atoms with Crippen LogP contribution in [0.2, 0.25) is 0 Å². The largest absolute Gasteiger partial charge is 0.497 e. The second-order valence-corrected chi connectivity index (χ2v) is 9.97. The number of rotatable bonds is 10. The molecule has 0 heterocycles. The Morgan fingerprint density at radius 1 is 1.03 bits per heavy atom. The molecule has 3 aromatic rings. The van der Waals surface area contributed by atoms with Crippen LogP contribution in [0.1, 0.15) is 11.1 Å². The molecule has 0 saturated heterocycles. The lowest BCUT2D eigenvalue weighted by Gasteiger charge is -2.21. The predicted octanol–water partition coefficient (Wildman–Crippen LogP) is 3.81. The van der Waals surface area contributed by atoms with E-state index >= 15 is 0 Å². The zero-order chi connectivity index (χ0) is 24.6. The molecule has 3 aromatic carbocycles. The van der Waals surface area contributed by atoms with Crippen molar-refractivity contribution >= 4 is 38.1 Å². The monoisotopic (exact) mass is 545 g/mol. The van der Waals surface area contributed by atoms with Crippen molar-refractivity contribution in [1.82, 2.24) is 9.73 Å². The zero-order valence-electron chi connectivity index (χ0n) is 18.6. The number of methoxy groups -OCH3 is 2. The third kappa shape index (κ3) is 6.66. The summed E-state index contributed by atoms with van der Waals surface area (Å²) in [5, 5.41) is 3.96. The Hall–Kier alpha value is -3.21. The minimum absolute atomic E-state index is 0.0304. The number of amides is 1. The summed E-state index contributed by atoms with van der Waals surface area (Å²) in [6.45, 7) is -0.382. The van der Waals surface area contributed by atoms with Gasteiger partial charge in [-0.1, -0.05) is 46.3 Å². The molecule has 0 aliphatic carbocycles. The smallest absolute Gasteiger partial charge is 0.255 e. The van der Waals surface area contributed by atoms with Crippen LogP contribution in [-0.4, -0.2) is 45.6 Å². The van der Waals surface area contributed by atoms with Crippen LogP contribution in [0.5, 0.6) is 11.5 Å². The predicted molar refractivity (Wildman–Crippen MR) is 133 cm³/mol. The average molecular weight is 546 g/mol. The first-order valence-corrected chi connectivity index (χ1v) is 12.4. The topological polar surface area (TPSA) is 97.3 Å². The van der Waals surface area contributed by atoms with E-state index in [-0.39, 0.29) is 11.4 Å². The molecule has 0 spiro atoms. The summed E-state index contributed by atoms with van der Waals surface area (Å²) < 4.78 is 38.9. The van der Waals surface area contributed by atoms with Gasteiger partial charge in [0, 0.05) is 22.6 Å². The van der Waals surface area contributed by atoms with E-state index in [0.29, 0.717) is 17.1 Å². The first kappa shape index (κ1) is 25.4. The molecule has 0 saturated carbocycles. The number of hydrogen-bond acceptors (Lipinski definition) is 6. The third-order valence-corrected chi connectivity index (χ3v) is 7.14. The Morgan fingerprint density at radius 2 is 1.74 bits per heavy atom. The molecule has 0 bridgehead atoms. The van der Waals surface area contributed by atoms with Crippen molar-refractivity contribution in [2.24, 2.45) is 5.10 Å². The molecule has 0 aromatic heterocycles. The van der Waals surface area contributed by atoms with Crippen LogP contribution in [0.3, 0.4) is 0 Å². The zero-order valence-corrected chi connectivity index (χ0v) is 21.0. The number of hydrogen-bond donors (Lipinski definition) is 1. The van der Waals surface area contributed by atoms with Crippen LogP contribution in [0.4, 0.5) is 0 Å². The van der Waals surface area contributed by atoms with Gasteiger partial charge in [0.15, 0.2) is 0 Å². The van der Waals surface area contributed by atoms with Gasteiger partial charge in [-0.25, -0.2) is 13.8 Å². The number of halogens is 1. The minimum atomic E-state index is -3.94. The molecule has 1 amide bonds. The Kier molecular flexibility index (Phi) is 8.80. The van der Waals surface area contributed by atoms with E-state index in [1.807, 2.05) is 18.2 Å². The Bertz CT molecular complexity index is 1250. The standard InChI is InChI=1S/C24H24BrN3O5S/c1-32-21-11-8-19(23(14-21)33-2)15-26-27-24(29)17-28(16-18-6-4-3-5-7-18)34(30,31)22-12-9-20(25)10-13-22/h3-15H,16-17H2,1-2H3,(H,27,29)/b26-15-. The van der Waals surface area contributed by atoms with Crippen molar-refractivity contribution in [3.63, 3.8) is 0 Å². The van der Waals surface area contributed by atoms with Crippen molar-refractivity contribution < 1.29 is 22.7 Å². The quantitative estimate of drug-likeness (QED) is 0.308. The van der Waals surface area contributed by atoms with Crippen LogP contribution in [0.15, 0.2) is 87.3 Å². The SMILES string of the molecule is COc1ccc(/C=N\NC(=O)CN(Cc2ccccc2)S(=O)(=O)c2ccc(Br)cc2)c(OC)c1. The maximum Gasteiger partial charge on any atom is 0.255 e. The van der Waals surface area contributed by atoms with Gasteiger partial charge in [-0.15, -0.1) is 0 Å². The third-order valence-electron chi connectivity index (χ3n) is 4.81. The molecule has 3 rings (SSSR count). The van der Waals surface area contributed by atoms with E-state index in [9.17, 15) is 13.2 Å². The van der Waals surface area contributed by atoms with Gasteiger partial charge in [0.1, 0.15) is 11.5 Å². The lowest BCUT2D eigenvalue weighted by molar-refractivity contribution is -0.121. The number of nitrogens with one attached hydrogen (secondary N) is 1. The molecule has 0 aliphatic heterocycles. The summed E-state index contributed by atoms with van der Waals surface area (Å²) in [7, 11) is -0.880. The van der Waals surface area contributed by atoms with E-state index < -0.39 is 22.5 Å². The fourth-order valence-corrected chi connectivity index (χ4v) is 4.71. The molecule has 10 heteroatoms. The summed E-state index contributed by atoms with van der Waals surface area (Å²) in [6.07, 6.45) is 1.42. The number of carbonyl (C=O) groups excluding carboxylic acids is 1. The second kappa shape index (κ2) is 11.8. The normalized spacial score (nSPS) is 11.5. The van der Waals surface area contributed by atoms with E-state index in [2.05, 4.69) is 26.5 Å². The highest BCUT2D eigenvalue weighted by Crippen LogP contribution is 2.23. The maximum atomic E-state index is 13.3. The van der Waals surface area contributed by atoms with Gasteiger partial charge in [0.05, 0.1) is 31.9 Å². The maximum absolute atomic E-state index is 13.3. The van der Waals surface area contributed by atoms with Crippen molar-refractivity contribution in [3.8, 4) is 11.5 Å². The molecule has 0 fully saturated rings. The van der Waals surface area contributed by atoms with E-state index in [1.54, 1.807) is 49.6 Å². The molecule has 178 valence electrons. The lowest BCUT2D eigenvalue weighted by Crippen LogP contribution is -2.39. The highest BCUT2D eigenvalue weighted by atomic mass is 79.9. The van der Waals surface area contributed by atoms with Crippen molar-refractivity contribution in [3.05, 3.63) is 88.4 Å². The molecule has 0 unspecified atom stereocenters. The van der Waals surface area contributed by atoms with Gasteiger partial charge >= 0.3 is 0 Å². The summed E-state index contributed by atoms with van der Waals surface area (Å²) >= 11 is 3.30. The molecule has 0 radical (unpaired) electrons. The van der Waals surface area contributed by atoms with Crippen molar-refractivity contribution in [1.29, 1.82) is 0 Å². The number of carbonyl (C=O) groups is 1. The van der Waals surface area contributed by atoms with Crippen LogP contribution in [-0.2, 0) is 21.4 Å². The highest BCUT2D eigenvalue weighted by molar-refractivity contribution is 9.10. The average Bonchev–Trinajstić information content (AvgIpc) is 2.84. The van der Waals surface area contributed by atoms with E-state index in [4.69, 9.17) is 9.47 Å². The van der Waals surface area contributed by atoms with Gasteiger partial charge in [0.2, 0.25) is 10.0 Å². The Balaban J connectivity index is 1.77. The minimum Gasteiger partial charge on any atom is -0.497 e. The van der Waals surface area contributed by atoms with Crippen LogP contribution >= 0.6 is 15.9 Å². The summed E-state index contributed by atoms with van der Waals surface area (Å²) in [6, 6.07) is 20.5. The number of sulfonamides is 1. The molecule has 0 aliphatic rings. The Labute approximate surface area is 207 Å². The molecule has 34 heavy (non-hydrogen) atoms. The molecular formula is C24H24BrN3O5S. The molecule has 0 atom stereocenters. The van der Waals surface area contributed by atoms with Gasteiger partial charge < -0.3 is 9.47 Å². The fraction of sp³-hybridized carbons (Fsp3) is 0.167. The van der Waals surface area contributed by atoms with Crippen LogP contribution in [0, 0.1) is 0 Å². The summed E-state index contributed by atoms with van der Waals surface area (Å²) in [5.74, 6) is 0.550. The number of hydrazone groups is 1. The summed E-state index contributed by atoms with van der Waals surface area (Å²) in [5.41, 5.74) is 3.76. The molecule has 8 nitrogen and oxygen atoms in total. The van der Waals surface area contributed by atoms with E-state index in [0.717, 1.165) is 14.3 Å². The number of nitrogens with zero attached hydrogens (tertiary/aromatic N) is 2.